The molecule has 104 valence electrons. The molecule has 0 heterocycles. The summed E-state index contributed by atoms with van der Waals surface area (Å²) in [6.45, 7) is 2.23. The van der Waals surface area contributed by atoms with Gasteiger partial charge in [-0.2, -0.15) is 0 Å². The van der Waals surface area contributed by atoms with E-state index in [4.69, 9.17) is 5.11 Å². The summed E-state index contributed by atoms with van der Waals surface area (Å²) in [6, 6.07) is 5.81. The number of allylic oxidation sites excluding steroid dienone is 1. The highest BCUT2D eigenvalue weighted by atomic mass is 32.2. The number of aromatic carboxylic acids is 1. The predicted octanol–water partition coefficient (Wildman–Crippen LogP) is 1.77. The molecule has 0 aliphatic carbocycles. The molecule has 2 N–H and O–H groups in total. The van der Waals surface area contributed by atoms with Crippen molar-refractivity contribution >= 4 is 16.0 Å². The van der Waals surface area contributed by atoms with Crippen LogP contribution in [0.2, 0.25) is 0 Å². The third-order valence-corrected chi connectivity index (χ3v) is 3.78. The van der Waals surface area contributed by atoms with E-state index in [0.29, 0.717) is 18.5 Å². The van der Waals surface area contributed by atoms with E-state index in [0.717, 1.165) is 0 Å². The van der Waals surface area contributed by atoms with Gasteiger partial charge in [0.1, 0.15) is 0 Å². The van der Waals surface area contributed by atoms with E-state index in [1.54, 1.807) is 0 Å². The molecule has 5 nitrogen and oxygen atoms in total. The first-order chi connectivity index (χ1) is 8.94. The highest BCUT2D eigenvalue weighted by molar-refractivity contribution is 7.88. The maximum atomic E-state index is 11.7. The largest absolute Gasteiger partial charge is 0.478 e. The van der Waals surface area contributed by atoms with E-state index < -0.39 is 16.0 Å². The maximum absolute atomic E-state index is 11.7. The smallest absolute Gasteiger partial charge is 0.335 e. The highest BCUT2D eigenvalue weighted by Gasteiger charge is 2.11. The Morgan fingerprint density at radius 3 is 2.47 bits per heavy atom. The van der Waals surface area contributed by atoms with E-state index in [2.05, 4.69) is 4.72 Å². The van der Waals surface area contributed by atoms with Crippen LogP contribution < -0.4 is 4.72 Å². The summed E-state index contributed by atoms with van der Waals surface area (Å²) in [5, 5.41) is 8.74. The number of hydrogen-bond acceptors (Lipinski definition) is 3. The van der Waals surface area contributed by atoms with Crippen LogP contribution in [0.3, 0.4) is 0 Å². The average Bonchev–Trinajstić information content (AvgIpc) is 2.35. The summed E-state index contributed by atoms with van der Waals surface area (Å²) >= 11 is 0. The van der Waals surface area contributed by atoms with Crippen molar-refractivity contribution in [2.45, 2.75) is 19.1 Å². The van der Waals surface area contributed by atoms with Crippen molar-refractivity contribution in [3.05, 3.63) is 47.5 Å². The van der Waals surface area contributed by atoms with E-state index in [1.807, 2.05) is 19.1 Å². The van der Waals surface area contributed by atoms with Crippen LogP contribution >= 0.6 is 0 Å². The fourth-order valence-corrected chi connectivity index (χ4v) is 2.64. The standard InChI is InChI=1S/C13H17NO4S/c1-2-3-4-9-14-19(17,18)10-11-5-7-12(8-6-11)13(15)16/h2-3,5-8,14H,4,9-10H2,1H3,(H,15,16)/b3-2+. The Balaban J connectivity index is 2.60. The van der Waals surface area contributed by atoms with E-state index in [-0.39, 0.29) is 11.3 Å². The number of sulfonamides is 1. The number of rotatable bonds is 7. The van der Waals surface area contributed by atoms with Crippen LogP contribution in [0.5, 0.6) is 0 Å². The topological polar surface area (TPSA) is 83.5 Å². The fraction of sp³-hybridized carbons (Fsp3) is 0.308. The zero-order valence-corrected chi connectivity index (χ0v) is 11.5. The van der Waals surface area contributed by atoms with Gasteiger partial charge in [0.15, 0.2) is 0 Å². The summed E-state index contributed by atoms with van der Waals surface area (Å²) in [4.78, 5) is 10.7. The molecule has 0 fully saturated rings. The van der Waals surface area contributed by atoms with Gasteiger partial charge in [0.05, 0.1) is 11.3 Å². The zero-order valence-electron chi connectivity index (χ0n) is 10.7. The van der Waals surface area contributed by atoms with Crippen LogP contribution in [0, 0.1) is 0 Å². The molecule has 0 unspecified atom stereocenters. The SMILES string of the molecule is C/C=C/CCNS(=O)(=O)Cc1ccc(C(=O)O)cc1. The number of nitrogens with one attached hydrogen (secondary N) is 1. The number of carboxylic acid groups (broad SMARTS) is 1. The Morgan fingerprint density at radius 2 is 1.95 bits per heavy atom. The molecule has 1 rings (SSSR count). The Hall–Kier alpha value is -1.66. The molecule has 0 spiro atoms. The van der Waals surface area contributed by atoms with Crippen LogP contribution in [0.15, 0.2) is 36.4 Å². The first kappa shape index (κ1) is 15.4. The Bertz CT molecular complexity index is 547. The molecule has 1 aromatic rings. The molecule has 0 saturated heterocycles. The van der Waals surface area contributed by atoms with Crippen LogP contribution in [0.4, 0.5) is 0 Å². The van der Waals surface area contributed by atoms with Crippen molar-refractivity contribution in [1.29, 1.82) is 0 Å². The lowest BCUT2D eigenvalue weighted by Gasteiger charge is -2.06. The molecule has 6 heteroatoms. The molecule has 0 bridgehead atoms. The second kappa shape index (κ2) is 7.06. The van der Waals surface area contributed by atoms with E-state index >= 15 is 0 Å². The van der Waals surface area contributed by atoms with Gasteiger partial charge in [-0.15, -0.1) is 0 Å². The molecular formula is C13H17NO4S. The van der Waals surface area contributed by atoms with Gasteiger partial charge in [0, 0.05) is 6.54 Å². The third kappa shape index (κ3) is 5.67. The van der Waals surface area contributed by atoms with Crippen LogP contribution in [0.1, 0.15) is 29.3 Å². The molecule has 19 heavy (non-hydrogen) atoms. The van der Waals surface area contributed by atoms with Gasteiger partial charge in [0.25, 0.3) is 0 Å². The second-order valence-corrected chi connectivity index (χ2v) is 5.82. The summed E-state index contributed by atoms with van der Waals surface area (Å²) in [5.41, 5.74) is 0.700. The minimum Gasteiger partial charge on any atom is -0.478 e. The van der Waals surface area contributed by atoms with Crippen LogP contribution in [-0.4, -0.2) is 26.0 Å². The monoisotopic (exact) mass is 283 g/mol. The van der Waals surface area contributed by atoms with Gasteiger partial charge in [-0.05, 0) is 31.0 Å². The Morgan fingerprint density at radius 1 is 1.32 bits per heavy atom. The summed E-state index contributed by atoms with van der Waals surface area (Å²) < 4.78 is 25.9. The molecule has 0 saturated carbocycles. The minimum atomic E-state index is -3.38. The molecular weight excluding hydrogens is 266 g/mol. The second-order valence-electron chi connectivity index (χ2n) is 4.01. The average molecular weight is 283 g/mol. The summed E-state index contributed by atoms with van der Waals surface area (Å²) in [6.07, 6.45) is 4.39. The van der Waals surface area contributed by atoms with Crippen LogP contribution in [0.25, 0.3) is 0 Å². The molecule has 0 aromatic heterocycles. The van der Waals surface area contributed by atoms with Crippen LogP contribution in [-0.2, 0) is 15.8 Å². The maximum Gasteiger partial charge on any atom is 0.335 e. The lowest BCUT2D eigenvalue weighted by atomic mass is 10.1. The third-order valence-electron chi connectivity index (χ3n) is 2.43. The molecule has 1 aromatic carbocycles. The fourth-order valence-electron chi connectivity index (χ4n) is 1.48. The van der Waals surface area contributed by atoms with Crippen molar-refractivity contribution in [2.75, 3.05) is 6.54 Å². The molecule has 0 radical (unpaired) electrons. The molecule has 0 aliphatic heterocycles. The zero-order chi connectivity index (χ0) is 14.3. The van der Waals surface area contributed by atoms with Gasteiger partial charge in [-0.3, -0.25) is 0 Å². The van der Waals surface area contributed by atoms with Gasteiger partial charge >= 0.3 is 5.97 Å². The Kier molecular flexibility index (Phi) is 5.72. The number of carboxylic acids is 1. The highest BCUT2D eigenvalue weighted by Crippen LogP contribution is 2.08. The molecule has 0 atom stereocenters. The molecule has 0 aliphatic rings. The van der Waals surface area contributed by atoms with E-state index in [1.165, 1.54) is 24.3 Å². The normalized spacial score (nSPS) is 11.8. The van der Waals surface area contributed by atoms with Crippen molar-refractivity contribution < 1.29 is 18.3 Å². The quantitative estimate of drug-likeness (QED) is 0.590. The number of benzene rings is 1. The molecule has 0 amide bonds. The summed E-state index contributed by atoms with van der Waals surface area (Å²) in [7, 11) is -3.38. The number of carbonyl (C=O) groups is 1. The first-order valence-electron chi connectivity index (χ1n) is 5.85. The lowest BCUT2D eigenvalue weighted by Crippen LogP contribution is -2.25. The summed E-state index contributed by atoms with van der Waals surface area (Å²) in [5.74, 6) is -1.18. The van der Waals surface area contributed by atoms with Crippen molar-refractivity contribution in [1.82, 2.24) is 4.72 Å². The van der Waals surface area contributed by atoms with Gasteiger partial charge in [-0.25, -0.2) is 17.9 Å². The van der Waals surface area contributed by atoms with Gasteiger partial charge in [-0.1, -0.05) is 24.3 Å². The minimum absolute atomic E-state index is 0.141. The number of hydrogen-bond donors (Lipinski definition) is 2. The van der Waals surface area contributed by atoms with E-state index in [9.17, 15) is 13.2 Å². The van der Waals surface area contributed by atoms with Crippen molar-refractivity contribution in [3.8, 4) is 0 Å². The van der Waals surface area contributed by atoms with Crippen molar-refractivity contribution in [3.63, 3.8) is 0 Å². The van der Waals surface area contributed by atoms with Gasteiger partial charge < -0.3 is 5.11 Å². The predicted molar refractivity (Wildman–Crippen MR) is 73.5 cm³/mol. The lowest BCUT2D eigenvalue weighted by molar-refractivity contribution is 0.0697. The van der Waals surface area contributed by atoms with Gasteiger partial charge in [0.2, 0.25) is 10.0 Å². The Labute approximate surface area is 113 Å². The van der Waals surface area contributed by atoms with Crippen molar-refractivity contribution in [2.24, 2.45) is 0 Å². The first-order valence-corrected chi connectivity index (χ1v) is 7.50.